The van der Waals surface area contributed by atoms with E-state index in [9.17, 15) is 18.0 Å². The Morgan fingerprint density at radius 3 is 2.42 bits per heavy atom. The van der Waals surface area contributed by atoms with Crippen molar-refractivity contribution in [3.05, 3.63) is 70.5 Å². The highest BCUT2D eigenvalue weighted by Gasteiger charge is 2.36. The van der Waals surface area contributed by atoms with Gasteiger partial charge in [0.1, 0.15) is 11.5 Å². The third-order valence-corrected chi connectivity index (χ3v) is 5.49. The minimum absolute atomic E-state index is 0.0239. The molecule has 2 heterocycles. The van der Waals surface area contributed by atoms with Crippen LogP contribution in [0.15, 0.2) is 59.1 Å². The van der Waals surface area contributed by atoms with Crippen molar-refractivity contribution in [1.29, 1.82) is 0 Å². The van der Waals surface area contributed by atoms with Crippen LogP contribution in [0.5, 0.6) is 11.5 Å². The fourth-order valence-corrected chi connectivity index (χ4v) is 3.69. The molecule has 170 valence electrons. The van der Waals surface area contributed by atoms with Crippen molar-refractivity contribution in [2.75, 3.05) is 19.5 Å². The lowest BCUT2D eigenvalue weighted by Crippen LogP contribution is -2.16. The van der Waals surface area contributed by atoms with Crippen LogP contribution in [-0.2, 0) is 6.18 Å². The average molecular weight is 521 g/mol. The molecule has 0 fully saturated rings. The maximum Gasteiger partial charge on any atom is 0.433 e. The third-order valence-electron chi connectivity index (χ3n) is 4.76. The molecule has 0 aliphatic heterocycles. The molecule has 1 amide bonds. The number of nitrogens with zero attached hydrogens (tertiary/aromatic N) is 3. The number of aromatic nitrogens is 3. The summed E-state index contributed by atoms with van der Waals surface area (Å²) in [4.78, 5) is 17.2. The van der Waals surface area contributed by atoms with Gasteiger partial charge < -0.3 is 14.8 Å². The first kappa shape index (κ1) is 22.6. The Morgan fingerprint density at radius 2 is 1.79 bits per heavy atom. The summed E-state index contributed by atoms with van der Waals surface area (Å²) in [7, 11) is 2.89. The van der Waals surface area contributed by atoms with E-state index < -0.39 is 17.8 Å². The number of benzene rings is 2. The summed E-state index contributed by atoms with van der Waals surface area (Å²) in [6.45, 7) is 0. The van der Waals surface area contributed by atoms with Crippen LogP contribution in [0.1, 0.15) is 16.2 Å². The van der Waals surface area contributed by atoms with Crippen molar-refractivity contribution in [1.82, 2.24) is 14.6 Å². The van der Waals surface area contributed by atoms with E-state index in [4.69, 9.17) is 9.47 Å². The molecule has 0 unspecified atom stereocenters. The lowest BCUT2D eigenvalue weighted by molar-refractivity contribution is -0.142. The number of ether oxygens (including phenoxy) is 2. The van der Waals surface area contributed by atoms with Gasteiger partial charge in [-0.1, -0.05) is 30.3 Å². The van der Waals surface area contributed by atoms with Crippen LogP contribution in [0.3, 0.4) is 0 Å². The highest BCUT2D eigenvalue weighted by atomic mass is 79.9. The van der Waals surface area contributed by atoms with Crippen molar-refractivity contribution < 1.29 is 27.4 Å². The molecule has 0 spiro atoms. The summed E-state index contributed by atoms with van der Waals surface area (Å²) in [5.74, 6) is 0.0690. The standard InChI is InChI=1S/C22H16BrF3N4O3/c1-32-13-8-9-14(16(10-13)33-2)28-21(31)19-18(23)20-27-15(12-6-4-3-5-7-12)11-17(22(24,25)26)30(20)29-19/h3-11H,1-2H3,(H,28,31). The molecule has 2 aromatic heterocycles. The number of amides is 1. The number of hydrogen-bond acceptors (Lipinski definition) is 5. The number of alkyl halides is 3. The molecule has 0 saturated heterocycles. The van der Waals surface area contributed by atoms with Crippen LogP contribution in [0.25, 0.3) is 16.9 Å². The van der Waals surface area contributed by atoms with Crippen LogP contribution < -0.4 is 14.8 Å². The van der Waals surface area contributed by atoms with Crippen molar-refractivity contribution in [2.24, 2.45) is 0 Å². The first-order chi connectivity index (χ1) is 15.7. The molecule has 0 radical (unpaired) electrons. The molecular formula is C22H16BrF3N4O3. The van der Waals surface area contributed by atoms with Gasteiger partial charge in [0.15, 0.2) is 17.0 Å². The highest BCUT2D eigenvalue weighted by Crippen LogP contribution is 2.35. The van der Waals surface area contributed by atoms with E-state index in [2.05, 4.69) is 31.3 Å². The van der Waals surface area contributed by atoms with E-state index >= 15 is 0 Å². The smallest absolute Gasteiger partial charge is 0.433 e. The minimum atomic E-state index is -4.73. The van der Waals surface area contributed by atoms with Gasteiger partial charge in [-0.3, -0.25) is 4.79 Å². The van der Waals surface area contributed by atoms with Gasteiger partial charge in [0.05, 0.1) is 30.1 Å². The van der Waals surface area contributed by atoms with Crippen LogP contribution >= 0.6 is 15.9 Å². The van der Waals surface area contributed by atoms with Crippen molar-refractivity contribution in [3.63, 3.8) is 0 Å². The Morgan fingerprint density at radius 1 is 1.06 bits per heavy atom. The summed E-state index contributed by atoms with van der Waals surface area (Å²) in [5, 5.41) is 6.51. The van der Waals surface area contributed by atoms with E-state index in [1.807, 2.05) is 0 Å². The number of carbonyl (C=O) groups excluding carboxylic acids is 1. The number of fused-ring (bicyclic) bond motifs is 1. The molecular weight excluding hydrogens is 505 g/mol. The Balaban J connectivity index is 1.81. The second kappa shape index (κ2) is 8.74. The first-order valence-corrected chi connectivity index (χ1v) is 10.3. The molecule has 4 rings (SSSR count). The predicted octanol–water partition coefficient (Wildman–Crippen LogP) is 5.45. The topological polar surface area (TPSA) is 77.8 Å². The van der Waals surface area contributed by atoms with Crippen molar-refractivity contribution >= 4 is 33.2 Å². The van der Waals surface area contributed by atoms with Crippen LogP contribution in [0.2, 0.25) is 0 Å². The van der Waals surface area contributed by atoms with E-state index in [1.165, 1.54) is 14.2 Å². The zero-order valence-electron chi connectivity index (χ0n) is 17.3. The maximum absolute atomic E-state index is 13.8. The predicted molar refractivity (Wildman–Crippen MR) is 119 cm³/mol. The average Bonchev–Trinajstić information content (AvgIpc) is 3.15. The van der Waals surface area contributed by atoms with Crippen molar-refractivity contribution in [3.8, 4) is 22.8 Å². The second-order valence-corrected chi connectivity index (χ2v) is 7.60. The summed E-state index contributed by atoms with van der Waals surface area (Å²) in [6, 6.07) is 14.0. The second-order valence-electron chi connectivity index (χ2n) is 6.81. The summed E-state index contributed by atoms with van der Waals surface area (Å²) >= 11 is 3.21. The molecule has 2 aromatic carbocycles. The summed E-state index contributed by atoms with van der Waals surface area (Å²) in [6.07, 6.45) is -4.73. The first-order valence-electron chi connectivity index (χ1n) is 9.48. The summed E-state index contributed by atoms with van der Waals surface area (Å²) < 4.78 is 52.5. The SMILES string of the molecule is COc1ccc(NC(=O)c2nn3c(C(F)(F)F)cc(-c4ccccc4)nc3c2Br)c(OC)c1. The van der Waals surface area contributed by atoms with Gasteiger partial charge in [-0.05, 0) is 34.1 Å². The maximum atomic E-state index is 13.8. The Labute approximate surface area is 194 Å². The third kappa shape index (κ3) is 4.36. The van der Waals surface area contributed by atoms with Crippen LogP contribution in [0, 0.1) is 0 Å². The van der Waals surface area contributed by atoms with Gasteiger partial charge in [0, 0.05) is 11.6 Å². The van der Waals surface area contributed by atoms with Gasteiger partial charge in [-0.2, -0.15) is 18.3 Å². The number of methoxy groups -OCH3 is 2. The molecule has 4 aromatic rings. The molecule has 0 aliphatic carbocycles. The molecule has 0 saturated carbocycles. The van der Waals surface area contributed by atoms with E-state index in [0.29, 0.717) is 27.3 Å². The van der Waals surface area contributed by atoms with Gasteiger partial charge >= 0.3 is 6.18 Å². The normalized spacial score (nSPS) is 11.5. The van der Waals surface area contributed by atoms with Crippen molar-refractivity contribution in [2.45, 2.75) is 6.18 Å². The van der Waals surface area contributed by atoms with Gasteiger partial charge in [-0.15, -0.1) is 0 Å². The number of anilines is 1. The van der Waals surface area contributed by atoms with Gasteiger partial charge in [-0.25, -0.2) is 9.50 Å². The highest BCUT2D eigenvalue weighted by molar-refractivity contribution is 9.10. The number of rotatable bonds is 5. The zero-order valence-corrected chi connectivity index (χ0v) is 18.9. The van der Waals surface area contributed by atoms with E-state index in [-0.39, 0.29) is 21.5 Å². The lowest BCUT2D eigenvalue weighted by atomic mass is 10.1. The number of nitrogens with one attached hydrogen (secondary N) is 1. The Kier molecular flexibility index (Phi) is 5.98. The molecule has 1 N–H and O–H groups in total. The molecule has 33 heavy (non-hydrogen) atoms. The summed E-state index contributed by atoms with van der Waals surface area (Å²) in [5.41, 5.74) is -0.589. The molecule has 7 nitrogen and oxygen atoms in total. The molecule has 0 atom stereocenters. The Hall–Kier alpha value is -3.60. The van der Waals surface area contributed by atoms with Gasteiger partial charge in [0.25, 0.3) is 5.91 Å². The number of halogens is 4. The number of carbonyl (C=O) groups is 1. The van der Waals surface area contributed by atoms with E-state index in [1.54, 1.807) is 48.5 Å². The van der Waals surface area contributed by atoms with Crippen LogP contribution in [0.4, 0.5) is 18.9 Å². The fraction of sp³-hybridized carbons (Fsp3) is 0.136. The quantitative estimate of drug-likeness (QED) is 0.378. The number of hydrogen-bond donors (Lipinski definition) is 1. The molecule has 0 bridgehead atoms. The molecule has 11 heteroatoms. The minimum Gasteiger partial charge on any atom is -0.497 e. The Bertz CT molecular complexity index is 1340. The fourth-order valence-electron chi connectivity index (χ4n) is 3.18. The van der Waals surface area contributed by atoms with Gasteiger partial charge in [0.2, 0.25) is 0 Å². The van der Waals surface area contributed by atoms with Crippen LogP contribution in [-0.4, -0.2) is 34.7 Å². The zero-order chi connectivity index (χ0) is 23.8. The van der Waals surface area contributed by atoms with E-state index in [0.717, 1.165) is 6.07 Å². The lowest BCUT2D eigenvalue weighted by Gasteiger charge is -2.11. The monoisotopic (exact) mass is 520 g/mol. The largest absolute Gasteiger partial charge is 0.497 e. The molecule has 0 aliphatic rings.